The molecule has 1 rings (SSSR count). The van der Waals surface area contributed by atoms with Crippen LogP contribution < -0.4 is 5.32 Å². The molecule has 2 nitrogen and oxygen atoms in total. The Kier molecular flexibility index (Phi) is 4.18. The normalized spacial score (nSPS) is 25.5. The molecule has 1 aliphatic heterocycles. The van der Waals surface area contributed by atoms with Gasteiger partial charge in [-0.05, 0) is 18.6 Å². The van der Waals surface area contributed by atoms with Crippen LogP contribution in [0.25, 0.3) is 0 Å². The molecule has 0 amide bonds. The van der Waals surface area contributed by atoms with E-state index in [0.717, 1.165) is 18.3 Å². The third-order valence-electron chi connectivity index (χ3n) is 1.68. The molecule has 1 saturated heterocycles. The van der Waals surface area contributed by atoms with Crippen molar-refractivity contribution in [1.82, 2.24) is 5.32 Å². The molecule has 3 heteroatoms. The molecule has 1 fully saturated rings. The van der Waals surface area contributed by atoms with Gasteiger partial charge in [-0.1, -0.05) is 0 Å². The molecule has 1 heterocycles. The molecule has 0 aliphatic carbocycles. The van der Waals surface area contributed by atoms with Gasteiger partial charge in [0.25, 0.3) is 0 Å². The first-order chi connectivity index (χ1) is 4.93. The molecule has 1 aliphatic rings. The maximum atomic E-state index is 8.47. The number of aliphatic hydroxyl groups is 1. The molecule has 1 unspecified atom stereocenters. The first-order valence-corrected chi connectivity index (χ1v) is 4.91. The summed E-state index contributed by atoms with van der Waals surface area (Å²) in [4.78, 5) is 0. The Labute approximate surface area is 66.4 Å². The van der Waals surface area contributed by atoms with E-state index in [9.17, 15) is 0 Å². The van der Waals surface area contributed by atoms with Crippen LogP contribution in [0, 0.1) is 0 Å². The fraction of sp³-hybridized carbons (Fsp3) is 1.00. The van der Waals surface area contributed by atoms with Gasteiger partial charge in [0.15, 0.2) is 0 Å². The lowest BCUT2D eigenvalue weighted by molar-refractivity contribution is 0.292. The molecule has 60 valence electrons. The summed E-state index contributed by atoms with van der Waals surface area (Å²) in [5.41, 5.74) is 0. The zero-order valence-electron chi connectivity index (χ0n) is 6.18. The van der Waals surface area contributed by atoms with Crippen LogP contribution in [-0.4, -0.2) is 35.8 Å². The minimum Gasteiger partial charge on any atom is -0.395 e. The lowest BCUT2D eigenvalue weighted by Crippen LogP contribution is -2.25. The monoisotopic (exact) mass is 161 g/mol. The van der Waals surface area contributed by atoms with E-state index in [0.29, 0.717) is 0 Å². The smallest absolute Gasteiger partial charge is 0.0555 e. The molecule has 0 aromatic rings. The molecule has 0 saturated carbocycles. The van der Waals surface area contributed by atoms with Crippen LogP contribution in [0.4, 0.5) is 0 Å². The fourth-order valence-corrected chi connectivity index (χ4v) is 2.38. The largest absolute Gasteiger partial charge is 0.395 e. The summed E-state index contributed by atoms with van der Waals surface area (Å²) in [5, 5.41) is 12.5. The van der Waals surface area contributed by atoms with Crippen molar-refractivity contribution in [2.75, 3.05) is 25.4 Å². The first-order valence-electron chi connectivity index (χ1n) is 3.86. The van der Waals surface area contributed by atoms with Crippen LogP contribution >= 0.6 is 11.8 Å². The minimum absolute atomic E-state index is 0.261. The van der Waals surface area contributed by atoms with Crippen molar-refractivity contribution in [3.8, 4) is 0 Å². The number of hydrogen-bond acceptors (Lipinski definition) is 3. The van der Waals surface area contributed by atoms with Gasteiger partial charge in [0.05, 0.1) is 6.61 Å². The van der Waals surface area contributed by atoms with E-state index in [1.165, 1.54) is 18.6 Å². The van der Waals surface area contributed by atoms with Crippen LogP contribution in [0.2, 0.25) is 0 Å². The summed E-state index contributed by atoms with van der Waals surface area (Å²) in [6.07, 6.45) is 2.72. The van der Waals surface area contributed by atoms with Crippen molar-refractivity contribution >= 4 is 11.8 Å². The Morgan fingerprint density at radius 2 is 2.50 bits per heavy atom. The van der Waals surface area contributed by atoms with Crippen LogP contribution in [0.15, 0.2) is 0 Å². The van der Waals surface area contributed by atoms with Gasteiger partial charge in [-0.2, -0.15) is 11.8 Å². The Bertz CT molecular complexity index is 83.7. The second kappa shape index (κ2) is 4.99. The Hall–Kier alpha value is 0.270. The Morgan fingerprint density at radius 1 is 1.60 bits per heavy atom. The molecule has 0 bridgehead atoms. The average molecular weight is 161 g/mol. The van der Waals surface area contributed by atoms with Crippen LogP contribution in [0.3, 0.4) is 0 Å². The van der Waals surface area contributed by atoms with E-state index in [1.807, 2.05) is 11.8 Å². The van der Waals surface area contributed by atoms with Crippen LogP contribution in [0.1, 0.15) is 12.8 Å². The van der Waals surface area contributed by atoms with E-state index in [-0.39, 0.29) is 6.61 Å². The maximum Gasteiger partial charge on any atom is 0.0555 e. The summed E-state index contributed by atoms with van der Waals surface area (Å²) in [5.74, 6) is 1.32. The summed E-state index contributed by atoms with van der Waals surface area (Å²) >= 11 is 2.05. The quantitative estimate of drug-likeness (QED) is 0.588. The van der Waals surface area contributed by atoms with Crippen molar-refractivity contribution in [3.63, 3.8) is 0 Å². The fourth-order valence-electron chi connectivity index (χ4n) is 1.15. The maximum absolute atomic E-state index is 8.47. The summed E-state index contributed by atoms with van der Waals surface area (Å²) in [6.45, 7) is 2.08. The highest BCUT2D eigenvalue weighted by Crippen LogP contribution is 2.24. The zero-order chi connectivity index (χ0) is 7.23. The summed E-state index contributed by atoms with van der Waals surface area (Å²) in [6, 6.07) is 0. The van der Waals surface area contributed by atoms with Crippen LogP contribution in [0.5, 0.6) is 0 Å². The van der Waals surface area contributed by atoms with Gasteiger partial charge < -0.3 is 10.4 Å². The lowest BCUT2D eigenvalue weighted by atomic mass is 10.2. The molecule has 2 N–H and O–H groups in total. The predicted molar refractivity (Wildman–Crippen MR) is 45.4 cm³/mol. The summed E-state index contributed by atoms with van der Waals surface area (Å²) < 4.78 is 0. The Morgan fingerprint density at radius 3 is 3.10 bits per heavy atom. The highest BCUT2D eigenvalue weighted by molar-refractivity contribution is 8.00. The average Bonchev–Trinajstić information content (AvgIpc) is 2.41. The van der Waals surface area contributed by atoms with Crippen molar-refractivity contribution in [2.24, 2.45) is 0 Å². The van der Waals surface area contributed by atoms with Crippen molar-refractivity contribution in [3.05, 3.63) is 0 Å². The van der Waals surface area contributed by atoms with E-state index in [4.69, 9.17) is 5.11 Å². The standard InChI is InChI=1S/C7H15NOS/c9-4-3-8-6-7-2-1-5-10-7/h7-9H,1-6H2. The zero-order valence-corrected chi connectivity index (χ0v) is 6.99. The van der Waals surface area contributed by atoms with Crippen molar-refractivity contribution in [2.45, 2.75) is 18.1 Å². The number of hydrogen-bond donors (Lipinski definition) is 2. The summed E-state index contributed by atoms with van der Waals surface area (Å²) in [7, 11) is 0. The van der Waals surface area contributed by atoms with E-state index < -0.39 is 0 Å². The van der Waals surface area contributed by atoms with Gasteiger partial charge in [-0.3, -0.25) is 0 Å². The highest BCUT2D eigenvalue weighted by atomic mass is 32.2. The lowest BCUT2D eigenvalue weighted by Gasteiger charge is -2.07. The predicted octanol–water partition coefficient (Wildman–Crippen LogP) is 0.464. The molecular formula is C7H15NOS. The number of aliphatic hydroxyl groups excluding tert-OH is 1. The van der Waals surface area contributed by atoms with Crippen molar-refractivity contribution < 1.29 is 5.11 Å². The van der Waals surface area contributed by atoms with E-state index in [1.54, 1.807) is 0 Å². The number of thioether (sulfide) groups is 1. The minimum atomic E-state index is 0.261. The van der Waals surface area contributed by atoms with E-state index in [2.05, 4.69) is 5.32 Å². The molecule has 0 aromatic carbocycles. The van der Waals surface area contributed by atoms with Gasteiger partial charge >= 0.3 is 0 Å². The molecule has 0 radical (unpaired) electrons. The molecule has 10 heavy (non-hydrogen) atoms. The molecule has 0 spiro atoms. The van der Waals surface area contributed by atoms with Crippen LogP contribution in [-0.2, 0) is 0 Å². The van der Waals surface area contributed by atoms with E-state index >= 15 is 0 Å². The third-order valence-corrected chi connectivity index (χ3v) is 3.08. The molecular weight excluding hydrogens is 146 g/mol. The SMILES string of the molecule is OCCNCC1CCCS1. The molecule has 0 aromatic heterocycles. The van der Waals surface area contributed by atoms with Gasteiger partial charge in [-0.25, -0.2) is 0 Å². The van der Waals surface area contributed by atoms with Gasteiger partial charge in [0.2, 0.25) is 0 Å². The van der Waals surface area contributed by atoms with Gasteiger partial charge in [0, 0.05) is 18.3 Å². The Balaban J connectivity index is 1.91. The van der Waals surface area contributed by atoms with Crippen molar-refractivity contribution in [1.29, 1.82) is 0 Å². The molecule has 1 atom stereocenters. The van der Waals surface area contributed by atoms with Gasteiger partial charge in [-0.15, -0.1) is 0 Å². The third kappa shape index (κ3) is 2.90. The number of rotatable bonds is 4. The van der Waals surface area contributed by atoms with Gasteiger partial charge in [0.1, 0.15) is 0 Å². The number of nitrogens with one attached hydrogen (secondary N) is 1. The second-order valence-electron chi connectivity index (χ2n) is 2.56. The first kappa shape index (κ1) is 8.37. The topological polar surface area (TPSA) is 32.3 Å². The second-order valence-corrected chi connectivity index (χ2v) is 3.97. The highest BCUT2D eigenvalue weighted by Gasteiger charge is 2.13.